The molecule has 208 valence electrons. The molecular formula is C24H26F4N8O3. The van der Waals surface area contributed by atoms with E-state index in [0.717, 1.165) is 0 Å². The van der Waals surface area contributed by atoms with Crippen LogP contribution in [0.5, 0.6) is 0 Å². The largest absolute Gasteiger partial charge is 0.342 e. The molecule has 1 unspecified atom stereocenters. The maximum absolute atomic E-state index is 13.9. The van der Waals surface area contributed by atoms with Gasteiger partial charge >= 0.3 is 6.03 Å². The Hall–Kier alpha value is -3.78. The Bertz CT molecular complexity index is 1420. The van der Waals surface area contributed by atoms with Gasteiger partial charge in [-0.25, -0.2) is 36.5 Å². The van der Waals surface area contributed by atoms with Gasteiger partial charge in [0.05, 0.1) is 36.0 Å². The smallest absolute Gasteiger partial charge is 0.317 e. The van der Waals surface area contributed by atoms with Gasteiger partial charge in [-0.2, -0.15) is 5.10 Å². The summed E-state index contributed by atoms with van der Waals surface area (Å²) in [6, 6.07) is 0.549. The standard InChI is InChI=1S/C24H26F4N8O3/c1-12-19(34-39-33-12)21(37)32-20(14-2-4-23(25,26)5-3-14)17-11-36-18(31-17)6-13(7-30-36)9-35-10-16-15(24(16,27)28)8-29-22(35)38/h6-7,11,14-16,20H,2-5,8-10H2,1H3,(H,29,38)(H,32,37)/t15-,16+,20?/m0/s1. The Kier molecular flexibility index (Phi) is 5.99. The summed E-state index contributed by atoms with van der Waals surface area (Å²) in [4.78, 5) is 31.3. The number of aryl methyl sites for hydroxylation is 1. The number of carbonyl (C=O) groups is 2. The lowest BCUT2D eigenvalue weighted by molar-refractivity contribution is -0.0495. The first kappa shape index (κ1) is 25.5. The normalized spacial score (nSPS) is 25.1. The Morgan fingerprint density at radius 2 is 2.00 bits per heavy atom. The van der Waals surface area contributed by atoms with Gasteiger partial charge in [-0.15, -0.1) is 0 Å². The van der Waals surface area contributed by atoms with Crippen molar-refractivity contribution in [3.8, 4) is 0 Å². The molecule has 0 radical (unpaired) electrons. The zero-order valence-electron chi connectivity index (χ0n) is 20.9. The summed E-state index contributed by atoms with van der Waals surface area (Å²) in [7, 11) is 0. The highest BCUT2D eigenvalue weighted by molar-refractivity contribution is 5.93. The number of hydrogen-bond acceptors (Lipinski definition) is 7. The maximum Gasteiger partial charge on any atom is 0.317 e. The summed E-state index contributed by atoms with van der Waals surface area (Å²) in [6.45, 7) is 1.50. The highest BCUT2D eigenvalue weighted by Crippen LogP contribution is 2.55. The van der Waals surface area contributed by atoms with Crippen molar-refractivity contribution in [2.75, 3.05) is 13.1 Å². The highest BCUT2D eigenvalue weighted by atomic mass is 19.3. The van der Waals surface area contributed by atoms with Gasteiger partial charge in [0.25, 0.3) is 11.8 Å². The van der Waals surface area contributed by atoms with Gasteiger partial charge in [-0.05, 0) is 42.5 Å². The highest BCUT2D eigenvalue weighted by Gasteiger charge is 2.69. The Balaban J connectivity index is 1.25. The summed E-state index contributed by atoms with van der Waals surface area (Å²) < 4.78 is 61.7. The summed E-state index contributed by atoms with van der Waals surface area (Å²) in [6.07, 6.45) is 2.87. The number of hydrogen-bond donors (Lipinski definition) is 2. The second-order valence-corrected chi connectivity index (χ2v) is 10.6. The van der Waals surface area contributed by atoms with Gasteiger partial charge in [-0.1, -0.05) is 5.16 Å². The molecule has 3 aromatic heterocycles. The van der Waals surface area contributed by atoms with Crippen LogP contribution in [0.15, 0.2) is 23.1 Å². The van der Waals surface area contributed by atoms with Gasteiger partial charge in [-0.3, -0.25) is 4.79 Å². The number of imidazole rings is 1. The van der Waals surface area contributed by atoms with Crippen LogP contribution in [0.2, 0.25) is 0 Å². The van der Waals surface area contributed by atoms with Gasteiger partial charge in [0.1, 0.15) is 5.69 Å². The number of halogens is 4. The molecule has 3 amide bonds. The molecule has 2 N–H and O–H groups in total. The summed E-state index contributed by atoms with van der Waals surface area (Å²) in [5.41, 5.74) is 1.68. The Labute approximate surface area is 219 Å². The number of carbonyl (C=O) groups excluding carboxylic acids is 2. The molecule has 39 heavy (non-hydrogen) atoms. The molecule has 1 saturated heterocycles. The van der Waals surface area contributed by atoms with Crippen LogP contribution in [-0.4, -0.2) is 66.7 Å². The summed E-state index contributed by atoms with van der Waals surface area (Å²) in [5.74, 6) is -8.13. The molecule has 2 aliphatic carbocycles. The molecule has 3 aliphatic rings. The third-order valence-corrected chi connectivity index (χ3v) is 8.02. The number of urea groups is 1. The van der Waals surface area contributed by atoms with E-state index >= 15 is 0 Å². The van der Waals surface area contributed by atoms with E-state index in [4.69, 9.17) is 0 Å². The van der Waals surface area contributed by atoms with E-state index in [0.29, 0.717) is 16.9 Å². The van der Waals surface area contributed by atoms with Crippen molar-refractivity contribution >= 4 is 17.6 Å². The molecule has 15 heteroatoms. The number of rotatable bonds is 6. The lowest BCUT2D eigenvalue weighted by Gasteiger charge is -2.33. The fourth-order valence-corrected chi connectivity index (χ4v) is 5.62. The van der Waals surface area contributed by atoms with E-state index in [9.17, 15) is 27.2 Å². The lowest BCUT2D eigenvalue weighted by Crippen LogP contribution is -2.40. The minimum Gasteiger partial charge on any atom is -0.342 e. The van der Waals surface area contributed by atoms with Gasteiger partial charge in [0, 0.05) is 32.5 Å². The van der Waals surface area contributed by atoms with Crippen molar-refractivity contribution in [1.82, 2.24) is 40.4 Å². The van der Waals surface area contributed by atoms with Crippen molar-refractivity contribution in [2.24, 2.45) is 17.8 Å². The monoisotopic (exact) mass is 550 g/mol. The van der Waals surface area contributed by atoms with Crippen LogP contribution in [0, 0.1) is 24.7 Å². The predicted molar refractivity (Wildman–Crippen MR) is 125 cm³/mol. The second-order valence-electron chi connectivity index (χ2n) is 10.6. The third kappa shape index (κ3) is 4.78. The maximum atomic E-state index is 13.9. The minimum absolute atomic E-state index is 0.00970. The first-order chi connectivity index (χ1) is 18.5. The molecule has 4 heterocycles. The van der Waals surface area contributed by atoms with E-state index in [1.807, 2.05) is 0 Å². The third-order valence-electron chi connectivity index (χ3n) is 8.02. The molecule has 3 atom stereocenters. The number of nitrogens with one attached hydrogen (secondary N) is 2. The molecule has 11 nitrogen and oxygen atoms in total. The van der Waals surface area contributed by atoms with Crippen molar-refractivity contribution in [1.29, 1.82) is 0 Å². The van der Waals surface area contributed by atoms with Crippen LogP contribution in [0.25, 0.3) is 5.65 Å². The van der Waals surface area contributed by atoms with E-state index in [-0.39, 0.29) is 62.6 Å². The molecule has 1 aliphatic heterocycles. The van der Waals surface area contributed by atoms with Gasteiger partial charge in [0.2, 0.25) is 5.92 Å². The molecule has 3 aromatic rings. The predicted octanol–water partition coefficient (Wildman–Crippen LogP) is 3.12. The van der Waals surface area contributed by atoms with Crippen LogP contribution in [-0.2, 0) is 6.54 Å². The zero-order valence-corrected chi connectivity index (χ0v) is 20.9. The quantitative estimate of drug-likeness (QED) is 0.451. The molecule has 3 fully saturated rings. The van der Waals surface area contributed by atoms with E-state index in [1.165, 1.54) is 15.6 Å². The van der Waals surface area contributed by atoms with E-state index in [2.05, 4.69) is 35.7 Å². The summed E-state index contributed by atoms with van der Waals surface area (Å²) >= 11 is 0. The molecular weight excluding hydrogens is 524 g/mol. The second kappa shape index (κ2) is 9.16. The van der Waals surface area contributed by atoms with Crippen molar-refractivity contribution < 1.29 is 31.8 Å². The minimum atomic E-state index is -2.78. The Morgan fingerprint density at radius 1 is 1.23 bits per heavy atom. The average Bonchev–Trinajstić information content (AvgIpc) is 3.20. The van der Waals surface area contributed by atoms with Crippen LogP contribution < -0.4 is 10.6 Å². The van der Waals surface area contributed by atoms with Crippen LogP contribution >= 0.6 is 0 Å². The van der Waals surface area contributed by atoms with Crippen molar-refractivity contribution in [3.63, 3.8) is 0 Å². The summed E-state index contributed by atoms with van der Waals surface area (Å²) in [5, 5.41) is 17.0. The zero-order chi connectivity index (χ0) is 27.5. The number of alkyl halides is 4. The number of fused-ring (bicyclic) bond motifs is 2. The van der Waals surface area contributed by atoms with Gasteiger partial charge < -0.3 is 15.5 Å². The first-order valence-electron chi connectivity index (χ1n) is 12.7. The fourth-order valence-electron chi connectivity index (χ4n) is 5.62. The SMILES string of the molecule is Cc1nonc1C(=O)NC(c1cn2ncc(CN3C[C@@H]4[C@H](CNC3=O)C4(F)F)cc2n1)C1CCC(F)(F)CC1. The Morgan fingerprint density at radius 3 is 2.72 bits per heavy atom. The van der Waals surface area contributed by atoms with Crippen LogP contribution in [0.3, 0.4) is 0 Å². The molecule has 0 aromatic carbocycles. The lowest BCUT2D eigenvalue weighted by atomic mass is 9.81. The van der Waals surface area contributed by atoms with Crippen LogP contribution in [0.4, 0.5) is 22.4 Å². The van der Waals surface area contributed by atoms with Crippen molar-refractivity contribution in [2.45, 2.75) is 57.0 Å². The average molecular weight is 551 g/mol. The van der Waals surface area contributed by atoms with Crippen LogP contribution in [0.1, 0.15) is 59.2 Å². The van der Waals surface area contributed by atoms with E-state index in [1.54, 1.807) is 19.2 Å². The van der Waals surface area contributed by atoms with Gasteiger partial charge in [0.15, 0.2) is 11.3 Å². The molecule has 0 bridgehead atoms. The van der Waals surface area contributed by atoms with E-state index < -0.39 is 41.7 Å². The molecule has 6 rings (SSSR count). The number of nitrogens with zero attached hydrogens (tertiary/aromatic N) is 6. The molecule has 2 saturated carbocycles. The topological polar surface area (TPSA) is 131 Å². The van der Waals surface area contributed by atoms with Crippen molar-refractivity contribution in [3.05, 3.63) is 41.1 Å². The number of aromatic nitrogens is 5. The first-order valence-corrected chi connectivity index (χ1v) is 12.7. The molecule has 0 spiro atoms. The fraction of sp³-hybridized carbons (Fsp3) is 0.583. The number of amides is 3.